The third-order valence-corrected chi connectivity index (χ3v) is 5.57. The summed E-state index contributed by atoms with van der Waals surface area (Å²) in [4.78, 5) is 30.9. The molecule has 0 aliphatic heterocycles. The predicted octanol–water partition coefficient (Wildman–Crippen LogP) is 4.51. The molecule has 3 aromatic rings. The third kappa shape index (κ3) is 4.51. The van der Waals surface area contributed by atoms with Crippen molar-refractivity contribution < 1.29 is 4.79 Å². The molecule has 0 aliphatic rings. The minimum atomic E-state index is -0.172. The van der Waals surface area contributed by atoms with Crippen molar-refractivity contribution in [2.45, 2.75) is 19.5 Å². The smallest absolute Gasteiger partial charge is 0.261 e. The summed E-state index contributed by atoms with van der Waals surface area (Å²) >= 11 is 15.5. The number of carbonyl (C=O) groups excluding carboxylic acids is 1. The van der Waals surface area contributed by atoms with Crippen LogP contribution in [0.5, 0.6) is 0 Å². The summed E-state index contributed by atoms with van der Waals surface area (Å²) in [5, 5.41) is 1.41. The fraction of sp³-hybridized carbons (Fsp3) is 0.211. The lowest BCUT2D eigenvalue weighted by Gasteiger charge is -2.18. The standard InChI is InChI=1S/C19H16BrCl2N3O2/c1-24(10-12-3-2-4-15(21)18(12)22)17(26)7-8-25-11-23-16-6-5-13(20)9-14(16)19(25)27/h2-6,9,11H,7-8,10H2,1H3. The minimum Gasteiger partial charge on any atom is -0.341 e. The van der Waals surface area contributed by atoms with Crippen LogP contribution in [-0.4, -0.2) is 27.4 Å². The number of carbonyl (C=O) groups is 1. The second kappa shape index (κ2) is 8.42. The van der Waals surface area contributed by atoms with Crippen LogP contribution in [0.2, 0.25) is 10.0 Å². The molecule has 0 aliphatic carbocycles. The summed E-state index contributed by atoms with van der Waals surface area (Å²) in [6.45, 7) is 0.594. The van der Waals surface area contributed by atoms with Gasteiger partial charge in [0.25, 0.3) is 5.56 Å². The molecule has 2 aromatic carbocycles. The third-order valence-electron chi connectivity index (χ3n) is 4.22. The van der Waals surface area contributed by atoms with Crippen LogP contribution in [0.4, 0.5) is 0 Å². The van der Waals surface area contributed by atoms with Gasteiger partial charge in [0.15, 0.2) is 0 Å². The van der Waals surface area contributed by atoms with E-state index in [0.29, 0.717) is 27.5 Å². The quantitative estimate of drug-likeness (QED) is 0.553. The van der Waals surface area contributed by atoms with Gasteiger partial charge >= 0.3 is 0 Å². The number of halogens is 3. The molecular weight excluding hydrogens is 453 g/mol. The van der Waals surface area contributed by atoms with E-state index in [1.165, 1.54) is 10.9 Å². The van der Waals surface area contributed by atoms with E-state index in [2.05, 4.69) is 20.9 Å². The molecule has 1 amide bonds. The van der Waals surface area contributed by atoms with Gasteiger partial charge in [-0.15, -0.1) is 0 Å². The Balaban J connectivity index is 1.70. The minimum absolute atomic E-state index is 0.104. The first-order valence-corrected chi connectivity index (χ1v) is 9.73. The van der Waals surface area contributed by atoms with Gasteiger partial charge in [-0.2, -0.15) is 0 Å². The van der Waals surface area contributed by atoms with E-state index in [-0.39, 0.29) is 24.4 Å². The van der Waals surface area contributed by atoms with E-state index in [0.717, 1.165) is 10.0 Å². The van der Waals surface area contributed by atoms with E-state index in [1.54, 1.807) is 36.2 Å². The van der Waals surface area contributed by atoms with Crippen LogP contribution < -0.4 is 5.56 Å². The van der Waals surface area contributed by atoms with Crippen LogP contribution in [0.25, 0.3) is 10.9 Å². The van der Waals surface area contributed by atoms with Crippen LogP contribution in [0.3, 0.4) is 0 Å². The van der Waals surface area contributed by atoms with Gasteiger partial charge in [-0.05, 0) is 29.8 Å². The van der Waals surface area contributed by atoms with E-state index < -0.39 is 0 Å². The van der Waals surface area contributed by atoms with Crippen LogP contribution in [-0.2, 0) is 17.9 Å². The van der Waals surface area contributed by atoms with Crippen molar-refractivity contribution in [2.75, 3.05) is 7.05 Å². The van der Waals surface area contributed by atoms with E-state index in [1.807, 2.05) is 12.1 Å². The number of hydrogen-bond acceptors (Lipinski definition) is 3. The van der Waals surface area contributed by atoms with Gasteiger partial charge in [-0.1, -0.05) is 51.3 Å². The van der Waals surface area contributed by atoms with Crippen molar-refractivity contribution in [3.05, 3.63) is 73.2 Å². The van der Waals surface area contributed by atoms with Gasteiger partial charge < -0.3 is 4.90 Å². The van der Waals surface area contributed by atoms with Crippen LogP contribution in [0.15, 0.2) is 52.0 Å². The molecule has 0 saturated carbocycles. The van der Waals surface area contributed by atoms with Crippen LogP contribution >= 0.6 is 39.1 Å². The molecule has 5 nitrogen and oxygen atoms in total. The van der Waals surface area contributed by atoms with Gasteiger partial charge in [0.05, 0.1) is 27.3 Å². The van der Waals surface area contributed by atoms with E-state index in [4.69, 9.17) is 23.2 Å². The normalized spacial score (nSPS) is 11.0. The summed E-state index contributed by atoms with van der Waals surface area (Å²) in [5.41, 5.74) is 1.22. The Morgan fingerprint density at radius 3 is 2.81 bits per heavy atom. The Morgan fingerprint density at radius 1 is 1.26 bits per heavy atom. The van der Waals surface area contributed by atoms with Gasteiger partial charge in [-0.3, -0.25) is 14.2 Å². The number of nitrogens with zero attached hydrogens (tertiary/aromatic N) is 3. The fourth-order valence-corrected chi connectivity index (χ4v) is 3.45. The van der Waals surface area contributed by atoms with Crippen molar-refractivity contribution in [2.24, 2.45) is 0 Å². The number of fused-ring (bicyclic) bond motifs is 1. The first kappa shape index (κ1) is 19.9. The fourth-order valence-electron chi connectivity index (χ4n) is 2.71. The summed E-state index contributed by atoms with van der Waals surface area (Å²) in [5.74, 6) is -0.104. The largest absolute Gasteiger partial charge is 0.341 e. The lowest BCUT2D eigenvalue weighted by molar-refractivity contribution is -0.130. The molecule has 1 heterocycles. The zero-order valence-electron chi connectivity index (χ0n) is 14.5. The number of amides is 1. The Kier molecular flexibility index (Phi) is 6.19. The topological polar surface area (TPSA) is 55.2 Å². The molecule has 8 heteroatoms. The molecule has 140 valence electrons. The SMILES string of the molecule is CN(Cc1cccc(Cl)c1Cl)C(=O)CCn1cnc2ccc(Br)cc2c1=O. The first-order chi connectivity index (χ1) is 12.9. The van der Waals surface area contributed by atoms with Gasteiger partial charge in [0.2, 0.25) is 5.91 Å². The predicted molar refractivity (Wildman–Crippen MR) is 111 cm³/mol. The van der Waals surface area contributed by atoms with Crippen LogP contribution in [0.1, 0.15) is 12.0 Å². The molecule has 0 bridgehead atoms. The Hall–Kier alpha value is -1.89. The highest BCUT2D eigenvalue weighted by Gasteiger charge is 2.13. The maximum Gasteiger partial charge on any atom is 0.261 e. The number of rotatable bonds is 5. The molecule has 27 heavy (non-hydrogen) atoms. The van der Waals surface area contributed by atoms with E-state index in [9.17, 15) is 9.59 Å². The van der Waals surface area contributed by atoms with E-state index >= 15 is 0 Å². The Morgan fingerprint density at radius 2 is 2.04 bits per heavy atom. The van der Waals surface area contributed by atoms with Crippen molar-refractivity contribution >= 4 is 55.9 Å². The number of hydrogen-bond donors (Lipinski definition) is 0. The molecule has 0 atom stereocenters. The molecule has 0 fully saturated rings. The highest BCUT2D eigenvalue weighted by molar-refractivity contribution is 9.10. The molecule has 3 rings (SSSR count). The van der Waals surface area contributed by atoms with Crippen molar-refractivity contribution in [1.82, 2.24) is 14.5 Å². The average molecular weight is 469 g/mol. The molecule has 0 N–H and O–H groups in total. The van der Waals surface area contributed by atoms with Gasteiger partial charge in [-0.25, -0.2) is 4.98 Å². The average Bonchev–Trinajstić information content (AvgIpc) is 2.65. The second-order valence-corrected chi connectivity index (χ2v) is 7.82. The highest BCUT2D eigenvalue weighted by atomic mass is 79.9. The molecule has 0 spiro atoms. The number of aryl methyl sites for hydroxylation is 1. The maximum atomic E-state index is 12.6. The number of benzene rings is 2. The lowest BCUT2D eigenvalue weighted by atomic mass is 10.2. The maximum absolute atomic E-state index is 12.6. The zero-order chi connectivity index (χ0) is 19.6. The molecule has 0 radical (unpaired) electrons. The first-order valence-electron chi connectivity index (χ1n) is 8.18. The monoisotopic (exact) mass is 467 g/mol. The Bertz CT molecular complexity index is 1070. The Labute approximate surface area is 174 Å². The van der Waals surface area contributed by atoms with Crippen molar-refractivity contribution in [3.63, 3.8) is 0 Å². The molecular formula is C19H16BrCl2N3O2. The summed E-state index contributed by atoms with van der Waals surface area (Å²) in [6, 6.07) is 10.7. The zero-order valence-corrected chi connectivity index (χ0v) is 17.6. The molecule has 0 unspecified atom stereocenters. The summed E-state index contributed by atoms with van der Waals surface area (Å²) in [7, 11) is 1.69. The summed E-state index contributed by atoms with van der Waals surface area (Å²) in [6.07, 6.45) is 1.65. The summed E-state index contributed by atoms with van der Waals surface area (Å²) < 4.78 is 2.26. The van der Waals surface area contributed by atoms with Gasteiger partial charge in [0.1, 0.15) is 0 Å². The van der Waals surface area contributed by atoms with Crippen LogP contribution in [0, 0.1) is 0 Å². The number of aromatic nitrogens is 2. The van der Waals surface area contributed by atoms with Crippen molar-refractivity contribution in [1.29, 1.82) is 0 Å². The molecule has 1 aromatic heterocycles. The van der Waals surface area contributed by atoms with Gasteiger partial charge in [0, 0.05) is 31.0 Å². The lowest BCUT2D eigenvalue weighted by Crippen LogP contribution is -2.29. The molecule has 0 saturated heterocycles. The second-order valence-electron chi connectivity index (χ2n) is 6.12. The van der Waals surface area contributed by atoms with Crippen molar-refractivity contribution in [3.8, 4) is 0 Å². The highest BCUT2D eigenvalue weighted by Crippen LogP contribution is 2.26.